The van der Waals surface area contributed by atoms with Crippen LogP contribution in [-0.4, -0.2) is 62.4 Å². The van der Waals surface area contributed by atoms with Gasteiger partial charge in [-0.3, -0.25) is 9.59 Å². The van der Waals surface area contributed by atoms with Crippen LogP contribution in [0.5, 0.6) is 0 Å². The van der Waals surface area contributed by atoms with E-state index in [0.717, 1.165) is 22.0 Å². The van der Waals surface area contributed by atoms with E-state index in [2.05, 4.69) is 30.8 Å². The molecule has 1 fully saturated rings. The summed E-state index contributed by atoms with van der Waals surface area (Å²) in [5.74, 6) is 0.797. The normalized spacial score (nSPS) is 13.9. The van der Waals surface area contributed by atoms with Gasteiger partial charge in [-0.1, -0.05) is 0 Å². The van der Waals surface area contributed by atoms with Gasteiger partial charge in [0.25, 0.3) is 5.91 Å². The van der Waals surface area contributed by atoms with Crippen LogP contribution in [0.2, 0.25) is 0 Å². The molecule has 4 heterocycles. The number of hydrogen-bond acceptors (Lipinski definition) is 8. The van der Waals surface area contributed by atoms with Crippen molar-refractivity contribution in [2.75, 3.05) is 36.5 Å². The number of morpholine rings is 1. The van der Waals surface area contributed by atoms with Crippen molar-refractivity contribution in [2.24, 2.45) is 7.05 Å². The van der Waals surface area contributed by atoms with Gasteiger partial charge in [0.15, 0.2) is 5.82 Å². The molecule has 0 aliphatic carbocycles. The number of hydrogen-bond donors (Lipinski definition) is 2. The summed E-state index contributed by atoms with van der Waals surface area (Å²) in [5, 5.41) is 15.5. The molecule has 1 aromatic carbocycles. The highest BCUT2D eigenvalue weighted by atomic mass is 16.5. The number of nitrogens with zero attached hydrogens (tertiary/aromatic N) is 6. The molecule has 0 bridgehead atoms. The zero-order chi connectivity index (χ0) is 23.8. The van der Waals surface area contributed by atoms with Crippen LogP contribution in [-0.2, 0) is 11.8 Å². The van der Waals surface area contributed by atoms with Crippen LogP contribution in [0.4, 0.5) is 11.5 Å². The number of aryl methyl sites for hydroxylation is 3. The summed E-state index contributed by atoms with van der Waals surface area (Å²) in [6, 6.07) is 7.05. The molecule has 11 heteroatoms. The Kier molecular flexibility index (Phi) is 5.54. The van der Waals surface area contributed by atoms with Crippen LogP contribution < -0.4 is 15.8 Å². The molecule has 1 saturated heterocycles. The number of ether oxygens (including phenoxy) is 1. The second-order valence-corrected chi connectivity index (χ2v) is 8.30. The molecule has 1 aliphatic rings. The largest absolute Gasteiger partial charge is 0.378 e. The van der Waals surface area contributed by atoms with Crippen LogP contribution in [0, 0.1) is 13.8 Å². The Hall–Kier alpha value is -4.12. The van der Waals surface area contributed by atoms with Gasteiger partial charge in [0.2, 0.25) is 5.56 Å². The highest BCUT2D eigenvalue weighted by molar-refractivity contribution is 6.09. The van der Waals surface area contributed by atoms with Gasteiger partial charge in [0, 0.05) is 54.6 Å². The van der Waals surface area contributed by atoms with Gasteiger partial charge in [-0.05, 0) is 53.6 Å². The SMILES string of the molecule is Cc1cc2[nH]c(=O)cc(C)c2cc1NC(=O)c1cc(-c2nnnn2C)cnc1N1CCOCC1. The van der Waals surface area contributed by atoms with Crippen LogP contribution in [0.3, 0.4) is 0 Å². The molecule has 0 unspecified atom stereocenters. The smallest absolute Gasteiger partial charge is 0.259 e. The molecule has 174 valence electrons. The first kappa shape index (κ1) is 21.7. The lowest BCUT2D eigenvalue weighted by atomic mass is 10.1. The number of tetrazole rings is 1. The minimum absolute atomic E-state index is 0.155. The highest BCUT2D eigenvalue weighted by Gasteiger charge is 2.23. The zero-order valence-electron chi connectivity index (χ0n) is 19.1. The maximum absolute atomic E-state index is 13.6. The van der Waals surface area contributed by atoms with Crippen LogP contribution >= 0.6 is 0 Å². The van der Waals surface area contributed by atoms with Crippen LogP contribution in [0.15, 0.2) is 35.3 Å². The van der Waals surface area contributed by atoms with Crippen molar-refractivity contribution >= 4 is 28.3 Å². The summed E-state index contributed by atoms with van der Waals surface area (Å²) < 4.78 is 7.00. The molecule has 34 heavy (non-hydrogen) atoms. The number of anilines is 2. The third-order valence-electron chi connectivity index (χ3n) is 5.94. The topological polar surface area (TPSA) is 131 Å². The molecule has 11 nitrogen and oxygen atoms in total. The van der Waals surface area contributed by atoms with E-state index in [9.17, 15) is 9.59 Å². The molecule has 0 atom stereocenters. The molecule has 1 aliphatic heterocycles. The number of rotatable bonds is 4. The van der Waals surface area contributed by atoms with E-state index in [0.29, 0.717) is 54.8 Å². The van der Waals surface area contributed by atoms with Crippen molar-refractivity contribution in [3.05, 3.63) is 57.5 Å². The van der Waals surface area contributed by atoms with E-state index in [1.165, 1.54) is 4.68 Å². The number of aromatic amines is 1. The fourth-order valence-corrected chi connectivity index (χ4v) is 4.15. The third-order valence-corrected chi connectivity index (χ3v) is 5.94. The summed E-state index contributed by atoms with van der Waals surface area (Å²) >= 11 is 0. The third kappa shape index (κ3) is 4.01. The zero-order valence-corrected chi connectivity index (χ0v) is 19.1. The molecule has 0 saturated carbocycles. The fraction of sp³-hybridized carbons (Fsp3) is 0.304. The van der Waals surface area contributed by atoms with Crippen molar-refractivity contribution in [3.63, 3.8) is 0 Å². The number of fused-ring (bicyclic) bond motifs is 1. The van der Waals surface area contributed by atoms with Gasteiger partial charge in [-0.15, -0.1) is 5.10 Å². The minimum atomic E-state index is -0.296. The molecule has 4 aromatic rings. The molecule has 5 rings (SSSR count). The van der Waals surface area contributed by atoms with Gasteiger partial charge >= 0.3 is 0 Å². The predicted molar refractivity (Wildman–Crippen MR) is 127 cm³/mol. The van der Waals surface area contributed by atoms with E-state index in [4.69, 9.17) is 4.74 Å². The molecular formula is C23H24N8O3. The Balaban J connectivity index is 1.56. The number of nitrogens with one attached hydrogen (secondary N) is 2. The number of benzene rings is 1. The quantitative estimate of drug-likeness (QED) is 0.472. The number of amides is 1. The standard InChI is InChI=1S/C23H24N8O3/c1-13-9-20(32)25-19-8-14(2)18(11-16(13)19)26-23(33)17-10-15(21-27-28-29-30(21)3)12-24-22(17)31-4-6-34-7-5-31/h8-12H,4-7H2,1-3H3,(H,25,32)(H,26,33). The average Bonchev–Trinajstić information content (AvgIpc) is 3.26. The number of pyridine rings is 2. The van der Waals surface area contributed by atoms with Crippen molar-refractivity contribution in [1.82, 2.24) is 30.2 Å². The first-order valence-electron chi connectivity index (χ1n) is 10.9. The Morgan fingerprint density at radius 2 is 1.91 bits per heavy atom. The summed E-state index contributed by atoms with van der Waals surface area (Å²) in [6.45, 7) is 6.17. The Morgan fingerprint density at radius 3 is 2.65 bits per heavy atom. The second kappa shape index (κ2) is 8.67. The van der Waals surface area contributed by atoms with Crippen molar-refractivity contribution in [3.8, 4) is 11.4 Å². The molecule has 0 radical (unpaired) electrons. The van der Waals surface area contributed by atoms with Gasteiger partial charge in [0.1, 0.15) is 5.82 Å². The molecule has 1 amide bonds. The average molecular weight is 460 g/mol. The van der Waals surface area contributed by atoms with Crippen LogP contribution in [0.25, 0.3) is 22.3 Å². The number of carbonyl (C=O) groups is 1. The maximum atomic E-state index is 13.6. The monoisotopic (exact) mass is 460 g/mol. The Bertz CT molecular complexity index is 1450. The lowest BCUT2D eigenvalue weighted by Crippen LogP contribution is -2.38. The van der Waals surface area contributed by atoms with Gasteiger partial charge in [-0.25, -0.2) is 9.67 Å². The van der Waals surface area contributed by atoms with Crippen LogP contribution in [0.1, 0.15) is 21.5 Å². The number of aromatic nitrogens is 6. The van der Waals surface area contributed by atoms with Gasteiger partial charge in [0.05, 0.1) is 18.8 Å². The van der Waals surface area contributed by atoms with Crippen molar-refractivity contribution in [1.29, 1.82) is 0 Å². The maximum Gasteiger partial charge on any atom is 0.259 e. The highest BCUT2D eigenvalue weighted by Crippen LogP contribution is 2.28. The molecular weight excluding hydrogens is 436 g/mol. The lowest BCUT2D eigenvalue weighted by molar-refractivity contribution is 0.102. The first-order valence-corrected chi connectivity index (χ1v) is 10.9. The second-order valence-electron chi connectivity index (χ2n) is 8.30. The summed E-state index contributed by atoms with van der Waals surface area (Å²) in [7, 11) is 1.73. The molecule has 2 N–H and O–H groups in total. The number of carbonyl (C=O) groups excluding carboxylic acids is 1. The van der Waals surface area contributed by atoms with Crippen molar-refractivity contribution in [2.45, 2.75) is 13.8 Å². The first-order chi connectivity index (χ1) is 16.4. The van der Waals surface area contributed by atoms with E-state index >= 15 is 0 Å². The lowest BCUT2D eigenvalue weighted by Gasteiger charge is -2.29. The fourth-order valence-electron chi connectivity index (χ4n) is 4.15. The van der Waals surface area contributed by atoms with E-state index in [1.54, 1.807) is 25.4 Å². The predicted octanol–water partition coefficient (Wildman–Crippen LogP) is 1.82. The van der Waals surface area contributed by atoms with Gasteiger partial charge < -0.3 is 19.9 Å². The van der Waals surface area contributed by atoms with Crippen molar-refractivity contribution < 1.29 is 9.53 Å². The number of H-pyrrole nitrogens is 1. The molecule has 3 aromatic heterocycles. The Labute approximate surface area is 194 Å². The minimum Gasteiger partial charge on any atom is -0.378 e. The Morgan fingerprint density at radius 1 is 1.12 bits per heavy atom. The van der Waals surface area contributed by atoms with E-state index < -0.39 is 0 Å². The summed E-state index contributed by atoms with van der Waals surface area (Å²) in [5.41, 5.74) is 3.95. The summed E-state index contributed by atoms with van der Waals surface area (Å²) in [4.78, 5) is 34.9. The van der Waals surface area contributed by atoms with E-state index in [-0.39, 0.29) is 11.5 Å². The van der Waals surface area contributed by atoms with Gasteiger partial charge in [-0.2, -0.15) is 0 Å². The summed E-state index contributed by atoms with van der Waals surface area (Å²) in [6.07, 6.45) is 1.67. The van der Waals surface area contributed by atoms with E-state index in [1.807, 2.05) is 30.9 Å². The molecule has 0 spiro atoms.